The molecular formula is C8H16ClOSi. The summed E-state index contributed by atoms with van der Waals surface area (Å²) in [6.45, 7) is 3.21. The van der Waals surface area contributed by atoms with Crippen molar-refractivity contribution in [3.05, 3.63) is 0 Å². The molecule has 1 unspecified atom stereocenters. The van der Waals surface area contributed by atoms with Gasteiger partial charge in [0.2, 0.25) is 9.04 Å². The van der Waals surface area contributed by atoms with Gasteiger partial charge >= 0.3 is 0 Å². The summed E-state index contributed by atoms with van der Waals surface area (Å²) in [5.74, 6) is 1.45. The van der Waals surface area contributed by atoms with E-state index in [2.05, 4.69) is 6.92 Å². The van der Waals surface area contributed by atoms with Gasteiger partial charge in [-0.05, 0) is 24.4 Å². The maximum atomic E-state index is 5.73. The third-order valence-corrected chi connectivity index (χ3v) is 5.20. The molecule has 1 fully saturated rings. The smallest absolute Gasteiger partial charge is 0.211 e. The Kier molecular flexibility index (Phi) is 4.49. The van der Waals surface area contributed by atoms with Gasteiger partial charge in [-0.2, -0.15) is 0 Å². The third kappa shape index (κ3) is 3.59. The van der Waals surface area contributed by atoms with Crippen LogP contribution < -0.4 is 0 Å². The Hall–Kier alpha value is 0.467. The van der Waals surface area contributed by atoms with Gasteiger partial charge in [0.1, 0.15) is 0 Å². The molecule has 3 heteroatoms. The van der Waals surface area contributed by atoms with Crippen LogP contribution >= 0.6 is 11.6 Å². The Morgan fingerprint density at radius 2 is 2.36 bits per heavy atom. The average molecular weight is 192 g/mol. The summed E-state index contributed by atoms with van der Waals surface area (Å²) < 4.78 is 5.69. The minimum atomic E-state index is -0.444. The first kappa shape index (κ1) is 9.55. The second kappa shape index (κ2) is 5.17. The van der Waals surface area contributed by atoms with E-state index < -0.39 is 9.04 Å². The molecule has 1 heterocycles. The lowest BCUT2D eigenvalue weighted by atomic mass is 10.3. The highest BCUT2D eigenvalue weighted by atomic mass is 35.5. The molecule has 0 aromatic rings. The molecule has 1 radical (unpaired) electrons. The molecule has 11 heavy (non-hydrogen) atoms. The molecule has 1 aliphatic rings. The molecule has 0 saturated carbocycles. The number of alkyl halides is 1. The van der Waals surface area contributed by atoms with Crippen LogP contribution in [0.3, 0.4) is 0 Å². The van der Waals surface area contributed by atoms with Gasteiger partial charge in [0.05, 0.1) is 0 Å². The summed E-state index contributed by atoms with van der Waals surface area (Å²) in [6, 6.07) is 2.58. The van der Waals surface area contributed by atoms with Gasteiger partial charge in [-0.3, -0.25) is 0 Å². The standard InChI is InChI=1S/C8H16ClOSi/c1-8(6-9)7-11-5-3-2-4-10-11/h8H,2-7H2,1H3. The van der Waals surface area contributed by atoms with Gasteiger partial charge in [0, 0.05) is 12.5 Å². The first-order chi connectivity index (χ1) is 5.33. The molecule has 0 N–H and O–H groups in total. The number of hydrogen-bond donors (Lipinski definition) is 0. The predicted octanol–water partition coefficient (Wildman–Crippen LogP) is 2.66. The van der Waals surface area contributed by atoms with E-state index in [1.807, 2.05) is 0 Å². The van der Waals surface area contributed by atoms with Crippen LogP contribution in [0.1, 0.15) is 19.8 Å². The Morgan fingerprint density at radius 1 is 1.55 bits per heavy atom. The fourth-order valence-electron chi connectivity index (χ4n) is 1.32. The van der Waals surface area contributed by atoms with E-state index in [0.29, 0.717) is 5.92 Å². The van der Waals surface area contributed by atoms with Gasteiger partial charge in [0.25, 0.3) is 0 Å². The van der Waals surface area contributed by atoms with E-state index in [9.17, 15) is 0 Å². The van der Waals surface area contributed by atoms with Crippen LogP contribution in [-0.4, -0.2) is 21.5 Å². The maximum absolute atomic E-state index is 5.73. The fraction of sp³-hybridized carbons (Fsp3) is 1.00. The summed E-state index contributed by atoms with van der Waals surface area (Å²) in [5, 5.41) is 0. The van der Waals surface area contributed by atoms with Crippen molar-refractivity contribution in [1.82, 2.24) is 0 Å². The summed E-state index contributed by atoms with van der Waals surface area (Å²) >= 11 is 5.73. The van der Waals surface area contributed by atoms with E-state index in [4.69, 9.17) is 16.0 Å². The number of rotatable bonds is 3. The lowest BCUT2D eigenvalue weighted by molar-refractivity contribution is 0.283. The lowest BCUT2D eigenvalue weighted by Gasteiger charge is -2.22. The highest BCUT2D eigenvalue weighted by molar-refractivity contribution is 6.52. The van der Waals surface area contributed by atoms with Crippen molar-refractivity contribution >= 4 is 20.6 Å². The Morgan fingerprint density at radius 3 is 2.91 bits per heavy atom. The van der Waals surface area contributed by atoms with E-state index >= 15 is 0 Å². The number of halogens is 1. The van der Waals surface area contributed by atoms with Gasteiger partial charge in [-0.1, -0.05) is 13.3 Å². The topological polar surface area (TPSA) is 9.23 Å². The summed E-state index contributed by atoms with van der Waals surface area (Å²) in [5.41, 5.74) is 0. The molecule has 1 rings (SSSR count). The highest BCUT2D eigenvalue weighted by Gasteiger charge is 2.19. The van der Waals surface area contributed by atoms with Gasteiger partial charge in [0.15, 0.2) is 0 Å². The Labute approximate surface area is 75.8 Å². The molecule has 1 aliphatic heterocycles. The minimum Gasteiger partial charge on any atom is -0.417 e. The predicted molar refractivity (Wildman–Crippen MR) is 50.4 cm³/mol. The molecule has 0 spiro atoms. The molecule has 0 bridgehead atoms. The summed E-state index contributed by atoms with van der Waals surface area (Å²) in [6.07, 6.45) is 2.65. The first-order valence-electron chi connectivity index (χ1n) is 4.36. The zero-order chi connectivity index (χ0) is 8.10. The van der Waals surface area contributed by atoms with Crippen LogP contribution in [0.4, 0.5) is 0 Å². The molecule has 65 valence electrons. The second-order valence-electron chi connectivity index (χ2n) is 3.31. The second-order valence-corrected chi connectivity index (χ2v) is 5.89. The van der Waals surface area contributed by atoms with Gasteiger partial charge in [-0.15, -0.1) is 11.6 Å². The summed E-state index contributed by atoms with van der Waals surface area (Å²) in [4.78, 5) is 0. The monoisotopic (exact) mass is 191 g/mol. The molecule has 1 nitrogen and oxygen atoms in total. The molecule has 0 aliphatic carbocycles. The van der Waals surface area contributed by atoms with E-state index in [1.54, 1.807) is 0 Å². The molecule has 0 amide bonds. The van der Waals surface area contributed by atoms with Crippen molar-refractivity contribution in [2.45, 2.75) is 31.9 Å². The van der Waals surface area contributed by atoms with Crippen molar-refractivity contribution in [2.75, 3.05) is 12.5 Å². The van der Waals surface area contributed by atoms with Crippen LogP contribution in [-0.2, 0) is 4.43 Å². The van der Waals surface area contributed by atoms with Crippen LogP contribution in [0.25, 0.3) is 0 Å². The SMILES string of the molecule is CC(CCl)C[Si]1CCCCO1. The van der Waals surface area contributed by atoms with E-state index in [-0.39, 0.29) is 0 Å². The first-order valence-corrected chi connectivity index (χ1v) is 6.72. The largest absolute Gasteiger partial charge is 0.417 e. The van der Waals surface area contributed by atoms with Crippen molar-refractivity contribution in [3.63, 3.8) is 0 Å². The lowest BCUT2D eigenvalue weighted by Crippen LogP contribution is -2.25. The molecule has 1 saturated heterocycles. The van der Waals surface area contributed by atoms with Crippen LogP contribution in [0.15, 0.2) is 0 Å². The van der Waals surface area contributed by atoms with Crippen molar-refractivity contribution in [1.29, 1.82) is 0 Å². The van der Waals surface area contributed by atoms with Crippen LogP contribution in [0.5, 0.6) is 0 Å². The van der Waals surface area contributed by atoms with Gasteiger partial charge < -0.3 is 4.43 Å². The quantitative estimate of drug-likeness (QED) is 0.493. The van der Waals surface area contributed by atoms with Crippen molar-refractivity contribution < 1.29 is 4.43 Å². The highest BCUT2D eigenvalue weighted by Crippen LogP contribution is 2.18. The van der Waals surface area contributed by atoms with Crippen molar-refractivity contribution in [2.24, 2.45) is 5.92 Å². The Balaban J connectivity index is 2.13. The third-order valence-electron chi connectivity index (χ3n) is 2.00. The van der Waals surface area contributed by atoms with Crippen molar-refractivity contribution in [3.8, 4) is 0 Å². The normalized spacial score (nSPS) is 23.5. The zero-order valence-electron chi connectivity index (χ0n) is 7.11. The van der Waals surface area contributed by atoms with E-state index in [1.165, 1.54) is 24.9 Å². The van der Waals surface area contributed by atoms with E-state index in [0.717, 1.165) is 12.5 Å². The summed E-state index contributed by atoms with van der Waals surface area (Å²) in [7, 11) is -0.444. The molecular weight excluding hydrogens is 176 g/mol. The zero-order valence-corrected chi connectivity index (χ0v) is 8.86. The minimum absolute atomic E-state index is 0.444. The molecule has 0 aromatic carbocycles. The molecule has 0 aromatic heterocycles. The average Bonchev–Trinajstić information content (AvgIpc) is 2.06. The number of hydrogen-bond acceptors (Lipinski definition) is 1. The molecule has 1 atom stereocenters. The maximum Gasteiger partial charge on any atom is 0.211 e. The Bertz CT molecular complexity index is 104. The van der Waals surface area contributed by atoms with Crippen LogP contribution in [0, 0.1) is 5.92 Å². The van der Waals surface area contributed by atoms with Gasteiger partial charge in [-0.25, -0.2) is 0 Å². The fourth-order valence-corrected chi connectivity index (χ4v) is 4.07. The van der Waals surface area contributed by atoms with Crippen LogP contribution in [0.2, 0.25) is 12.1 Å².